The molecule has 1 aromatic carbocycles. The number of thioether (sulfide) groups is 1. The van der Waals surface area contributed by atoms with Crippen LogP contribution in [0.5, 0.6) is 0 Å². The first-order valence-electron chi connectivity index (χ1n) is 4.63. The molecule has 1 atom stereocenters. The number of halogens is 1. The zero-order chi connectivity index (χ0) is 10.4. The molecule has 0 saturated carbocycles. The normalized spacial score (nSPS) is 12.8. The summed E-state index contributed by atoms with van der Waals surface area (Å²) in [6.07, 6.45) is 0. The van der Waals surface area contributed by atoms with Gasteiger partial charge in [-0.05, 0) is 26.0 Å². The highest BCUT2D eigenvalue weighted by atomic mass is 35.5. The summed E-state index contributed by atoms with van der Waals surface area (Å²) in [5.41, 5.74) is 1.44. The Morgan fingerprint density at radius 3 is 2.57 bits per heavy atom. The second-order valence-corrected chi connectivity index (χ2v) is 4.81. The summed E-state index contributed by atoms with van der Waals surface area (Å²) in [5.74, 6) is 0.554. The smallest absolute Gasteiger partial charge is 0.105 e. The standard InChI is InChI=1S/C11H15ClOS/c1-9-3-5-11(6-4-9)14-10(2)13-8-7-12/h3-6,10H,7-8H2,1-2H3. The fraction of sp³-hybridized carbons (Fsp3) is 0.455. The molecule has 0 amide bonds. The van der Waals surface area contributed by atoms with Crippen LogP contribution < -0.4 is 0 Å². The van der Waals surface area contributed by atoms with Gasteiger partial charge in [-0.2, -0.15) is 0 Å². The van der Waals surface area contributed by atoms with Crippen molar-refractivity contribution in [2.75, 3.05) is 12.5 Å². The van der Waals surface area contributed by atoms with Crippen LogP contribution in [-0.4, -0.2) is 17.9 Å². The molecule has 0 aromatic heterocycles. The lowest BCUT2D eigenvalue weighted by Gasteiger charge is -2.11. The molecule has 1 nitrogen and oxygen atoms in total. The number of benzene rings is 1. The van der Waals surface area contributed by atoms with Crippen molar-refractivity contribution in [3.63, 3.8) is 0 Å². The Morgan fingerprint density at radius 1 is 1.36 bits per heavy atom. The largest absolute Gasteiger partial charge is 0.366 e. The van der Waals surface area contributed by atoms with Crippen molar-refractivity contribution in [1.82, 2.24) is 0 Å². The monoisotopic (exact) mass is 230 g/mol. The molecule has 78 valence electrons. The van der Waals surface area contributed by atoms with E-state index in [1.165, 1.54) is 10.5 Å². The van der Waals surface area contributed by atoms with Crippen LogP contribution in [0, 0.1) is 6.92 Å². The minimum atomic E-state index is 0.163. The molecule has 0 bridgehead atoms. The Morgan fingerprint density at radius 2 is 2.00 bits per heavy atom. The van der Waals surface area contributed by atoms with Crippen molar-refractivity contribution in [3.8, 4) is 0 Å². The van der Waals surface area contributed by atoms with Crippen LogP contribution in [0.1, 0.15) is 12.5 Å². The predicted octanol–water partition coefficient (Wildman–Crippen LogP) is 3.69. The van der Waals surface area contributed by atoms with Gasteiger partial charge in [0.2, 0.25) is 0 Å². The average molecular weight is 231 g/mol. The van der Waals surface area contributed by atoms with E-state index in [9.17, 15) is 0 Å². The molecule has 1 rings (SSSR count). The third-order valence-electron chi connectivity index (χ3n) is 1.75. The lowest BCUT2D eigenvalue weighted by atomic mass is 10.2. The van der Waals surface area contributed by atoms with E-state index in [2.05, 4.69) is 31.2 Å². The van der Waals surface area contributed by atoms with Gasteiger partial charge in [0.15, 0.2) is 0 Å². The molecule has 0 saturated heterocycles. The van der Waals surface area contributed by atoms with Crippen molar-refractivity contribution >= 4 is 23.4 Å². The van der Waals surface area contributed by atoms with Crippen LogP contribution in [0.2, 0.25) is 0 Å². The maximum Gasteiger partial charge on any atom is 0.105 e. The van der Waals surface area contributed by atoms with Crippen LogP contribution >= 0.6 is 23.4 Å². The lowest BCUT2D eigenvalue weighted by Crippen LogP contribution is -2.05. The van der Waals surface area contributed by atoms with Crippen LogP contribution in [0.3, 0.4) is 0 Å². The molecule has 0 radical (unpaired) electrons. The Balaban J connectivity index is 2.39. The summed E-state index contributed by atoms with van der Waals surface area (Å²) in [6, 6.07) is 8.44. The van der Waals surface area contributed by atoms with Crippen LogP contribution in [0.25, 0.3) is 0 Å². The molecule has 1 unspecified atom stereocenters. The zero-order valence-electron chi connectivity index (χ0n) is 8.50. The number of rotatable bonds is 5. The summed E-state index contributed by atoms with van der Waals surface area (Å²) in [6.45, 7) is 4.74. The van der Waals surface area contributed by atoms with Gasteiger partial charge in [-0.25, -0.2) is 0 Å². The van der Waals surface area contributed by atoms with E-state index in [-0.39, 0.29) is 5.44 Å². The second kappa shape index (κ2) is 6.33. The number of hydrogen-bond donors (Lipinski definition) is 0. The minimum absolute atomic E-state index is 0.163. The molecular formula is C11H15ClOS. The number of alkyl halides is 1. The molecule has 0 aliphatic rings. The maximum absolute atomic E-state index is 5.54. The summed E-state index contributed by atoms with van der Waals surface area (Å²) in [7, 11) is 0. The molecule has 3 heteroatoms. The van der Waals surface area contributed by atoms with E-state index in [0.29, 0.717) is 12.5 Å². The fourth-order valence-electron chi connectivity index (χ4n) is 1.05. The van der Waals surface area contributed by atoms with Gasteiger partial charge in [-0.3, -0.25) is 0 Å². The Labute approximate surface area is 94.8 Å². The molecule has 0 fully saturated rings. The van der Waals surface area contributed by atoms with Crippen LogP contribution in [0.4, 0.5) is 0 Å². The highest BCUT2D eigenvalue weighted by Crippen LogP contribution is 2.23. The third-order valence-corrected chi connectivity index (χ3v) is 2.92. The van der Waals surface area contributed by atoms with Gasteiger partial charge in [-0.15, -0.1) is 11.6 Å². The van der Waals surface area contributed by atoms with E-state index in [1.807, 2.05) is 6.92 Å². The number of aryl methyl sites for hydroxylation is 1. The molecule has 0 aliphatic heterocycles. The molecule has 0 heterocycles. The first-order valence-corrected chi connectivity index (χ1v) is 6.04. The van der Waals surface area contributed by atoms with Crippen LogP contribution in [0.15, 0.2) is 29.2 Å². The quantitative estimate of drug-likeness (QED) is 0.434. The van der Waals surface area contributed by atoms with E-state index in [1.54, 1.807) is 11.8 Å². The van der Waals surface area contributed by atoms with E-state index in [4.69, 9.17) is 16.3 Å². The van der Waals surface area contributed by atoms with E-state index >= 15 is 0 Å². The maximum atomic E-state index is 5.54. The lowest BCUT2D eigenvalue weighted by molar-refractivity contribution is 0.139. The Hall–Kier alpha value is -0.180. The van der Waals surface area contributed by atoms with E-state index < -0.39 is 0 Å². The first kappa shape index (κ1) is 11.9. The van der Waals surface area contributed by atoms with Crippen molar-refractivity contribution < 1.29 is 4.74 Å². The van der Waals surface area contributed by atoms with Crippen molar-refractivity contribution in [2.45, 2.75) is 24.2 Å². The topological polar surface area (TPSA) is 9.23 Å². The Bertz CT molecular complexity index is 260. The molecule has 0 aliphatic carbocycles. The second-order valence-electron chi connectivity index (χ2n) is 3.06. The molecule has 1 aromatic rings. The number of hydrogen-bond acceptors (Lipinski definition) is 2. The molecule has 14 heavy (non-hydrogen) atoms. The summed E-state index contributed by atoms with van der Waals surface area (Å²) >= 11 is 7.25. The first-order chi connectivity index (χ1) is 6.72. The molecule has 0 N–H and O–H groups in total. The van der Waals surface area contributed by atoms with Gasteiger partial charge in [0.25, 0.3) is 0 Å². The third kappa shape index (κ3) is 4.36. The SMILES string of the molecule is Cc1ccc(SC(C)OCCCl)cc1. The Kier molecular flexibility index (Phi) is 5.38. The minimum Gasteiger partial charge on any atom is -0.366 e. The summed E-state index contributed by atoms with van der Waals surface area (Å²) in [4.78, 5) is 1.23. The van der Waals surface area contributed by atoms with Gasteiger partial charge >= 0.3 is 0 Å². The van der Waals surface area contributed by atoms with Gasteiger partial charge < -0.3 is 4.74 Å². The van der Waals surface area contributed by atoms with Gasteiger partial charge in [0, 0.05) is 10.8 Å². The fourth-order valence-corrected chi connectivity index (χ4v) is 1.98. The summed E-state index contributed by atoms with van der Waals surface area (Å²) in [5, 5.41) is 0. The predicted molar refractivity (Wildman–Crippen MR) is 63.2 cm³/mol. The van der Waals surface area contributed by atoms with Gasteiger partial charge in [-0.1, -0.05) is 29.5 Å². The van der Waals surface area contributed by atoms with Crippen LogP contribution in [-0.2, 0) is 4.74 Å². The van der Waals surface area contributed by atoms with Crippen molar-refractivity contribution in [1.29, 1.82) is 0 Å². The van der Waals surface area contributed by atoms with Gasteiger partial charge in [0.1, 0.15) is 5.44 Å². The summed E-state index contributed by atoms with van der Waals surface area (Å²) < 4.78 is 5.46. The molecule has 0 spiro atoms. The highest BCUT2D eigenvalue weighted by Gasteiger charge is 2.03. The highest BCUT2D eigenvalue weighted by molar-refractivity contribution is 7.99. The number of ether oxygens (including phenoxy) is 1. The van der Waals surface area contributed by atoms with Crippen molar-refractivity contribution in [2.24, 2.45) is 0 Å². The van der Waals surface area contributed by atoms with E-state index in [0.717, 1.165) is 0 Å². The molecular weight excluding hydrogens is 216 g/mol. The van der Waals surface area contributed by atoms with Gasteiger partial charge in [0.05, 0.1) is 6.61 Å². The average Bonchev–Trinajstić information content (AvgIpc) is 2.18. The zero-order valence-corrected chi connectivity index (χ0v) is 10.1. The van der Waals surface area contributed by atoms with Crippen molar-refractivity contribution in [3.05, 3.63) is 29.8 Å².